The molecule has 0 aliphatic rings. The van der Waals surface area contributed by atoms with Gasteiger partial charge in [-0.3, -0.25) is 0 Å². The van der Waals surface area contributed by atoms with Gasteiger partial charge in [-0.15, -0.1) is 11.3 Å². The molecule has 0 unspecified atom stereocenters. The molecule has 0 fully saturated rings. The Morgan fingerprint density at radius 1 is 1.54 bits per heavy atom. The quantitative estimate of drug-likeness (QED) is 0.670. The van der Waals surface area contributed by atoms with Crippen molar-refractivity contribution in [2.24, 2.45) is 0 Å². The van der Waals surface area contributed by atoms with E-state index >= 15 is 0 Å². The van der Waals surface area contributed by atoms with E-state index in [2.05, 4.69) is 15.9 Å². The average Bonchev–Trinajstić information content (AvgIpc) is 2.53. The maximum Gasteiger partial charge on any atom is 0.129 e. The van der Waals surface area contributed by atoms with Crippen molar-refractivity contribution in [1.82, 2.24) is 0 Å². The van der Waals surface area contributed by atoms with Crippen LogP contribution in [0, 0.1) is 5.82 Å². The summed E-state index contributed by atoms with van der Waals surface area (Å²) in [6.45, 7) is 0. The van der Waals surface area contributed by atoms with Crippen LogP contribution in [-0.4, -0.2) is 0 Å². The van der Waals surface area contributed by atoms with Gasteiger partial charge in [0.2, 0.25) is 0 Å². The summed E-state index contributed by atoms with van der Waals surface area (Å²) in [7, 11) is 0. The van der Waals surface area contributed by atoms with Crippen molar-refractivity contribution in [2.45, 2.75) is 5.33 Å². The SMILES string of the molecule is Fc1cc2ccsc2c(Cl)c1CBr. The molecule has 0 amide bonds. The van der Waals surface area contributed by atoms with Gasteiger partial charge in [-0.25, -0.2) is 4.39 Å². The van der Waals surface area contributed by atoms with Gasteiger partial charge in [0.05, 0.1) is 9.72 Å². The Morgan fingerprint density at radius 3 is 3.00 bits per heavy atom. The van der Waals surface area contributed by atoms with Crippen LogP contribution in [0.1, 0.15) is 5.56 Å². The van der Waals surface area contributed by atoms with E-state index < -0.39 is 0 Å². The van der Waals surface area contributed by atoms with E-state index in [4.69, 9.17) is 11.6 Å². The van der Waals surface area contributed by atoms with Gasteiger partial charge >= 0.3 is 0 Å². The molecule has 0 atom stereocenters. The first-order valence-electron chi connectivity index (χ1n) is 3.64. The van der Waals surface area contributed by atoms with Crippen LogP contribution in [0.4, 0.5) is 4.39 Å². The predicted octanol–water partition coefficient (Wildman–Crippen LogP) is 4.59. The van der Waals surface area contributed by atoms with Crippen LogP contribution in [0.15, 0.2) is 17.5 Å². The highest BCUT2D eigenvalue weighted by Gasteiger charge is 2.11. The maximum absolute atomic E-state index is 13.3. The molecule has 0 radical (unpaired) electrons. The van der Waals surface area contributed by atoms with Crippen LogP contribution < -0.4 is 0 Å². The van der Waals surface area contributed by atoms with E-state index in [0.29, 0.717) is 15.9 Å². The van der Waals surface area contributed by atoms with E-state index in [1.807, 2.05) is 11.4 Å². The molecule has 0 aliphatic heterocycles. The minimum absolute atomic E-state index is 0.243. The highest BCUT2D eigenvalue weighted by molar-refractivity contribution is 9.08. The van der Waals surface area contributed by atoms with Crippen LogP contribution in [0.2, 0.25) is 5.02 Å². The lowest BCUT2D eigenvalue weighted by Crippen LogP contribution is -1.86. The molecule has 0 aliphatic carbocycles. The first-order valence-corrected chi connectivity index (χ1v) is 6.02. The first kappa shape index (κ1) is 9.44. The van der Waals surface area contributed by atoms with Gasteiger partial charge in [-0.1, -0.05) is 27.5 Å². The minimum Gasteiger partial charge on any atom is -0.207 e. The lowest BCUT2D eigenvalue weighted by molar-refractivity contribution is 0.620. The lowest BCUT2D eigenvalue weighted by atomic mass is 10.2. The van der Waals surface area contributed by atoms with E-state index in [1.165, 1.54) is 17.4 Å². The zero-order valence-electron chi connectivity index (χ0n) is 6.48. The fourth-order valence-electron chi connectivity index (χ4n) is 1.20. The first-order chi connectivity index (χ1) is 6.24. The van der Waals surface area contributed by atoms with E-state index in [1.54, 1.807) is 0 Å². The van der Waals surface area contributed by atoms with E-state index in [-0.39, 0.29) is 5.82 Å². The molecule has 0 saturated heterocycles. The summed E-state index contributed by atoms with van der Waals surface area (Å²) in [5.74, 6) is -0.243. The van der Waals surface area contributed by atoms with Crippen LogP contribution in [0.25, 0.3) is 10.1 Å². The lowest BCUT2D eigenvalue weighted by Gasteiger charge is -2.02. The average molecular weight is 280 g/mol. The molecule has 1 aromatic carbocycles. The van der Waals surface area contributed by atoms with Gasteiger partial charge in [0.1, 0.15) is 5.82 Å². The van der Waals surface area contributed by atoms with Crippen molar-refractivity contribution in [3.8, 4) is 0 Å². The second-order valence-corrected chi connectivity index (χ2v) is 4.48. The molecule has 68 valence electrons. The summed E-state index contributed by atoms with van der Waals surface area (Å²) in [6, 6.07) is 3.39. The fraction of sp³-hybridized carbons (Fsp3) is 0.111. The smallest absolute Gasteiger partial charge is 0.129 e. The molecule has 2 aromatic rings. The Morgan fingerprint density at radius 2 is 2.31 bits per heavy atom. The molecule has 0 nitrogen and oxygen atoms in total. The molecule has 0 N–H and O–H groups in total. The normalized spacial score (nSPS) is 11.0. The zero-order valence-corrected chi connectivity index (χ0v) is 9.64. The number of thiophene rings is 1. The van der Waals surface area contributed by atoms with Crippen molar-refractivity contribution >= 4 is 49.0 Å². The summed E-state index contributed by atoms with van der Waals surface area (Å²) in [5.41, 5.74) is 0.539. The Hall–Kier alpha value is -0.120. The van der Waals surface area contributed by atoms with Crippen LogP contribution in [0.5, 0.6) is 0 Å². The third-order valence-electron chi connectivity index (χ3n) is 1.86. The number of rotatable bonds is 1. The Labute approximate surface area is 92.5 Å². The Bertz CT molecular complexity index is 452. The van der Waals surface area contributed by atoms with Gasteiger partial charge in [-0.2, -0.15) is 0 Å². The molecule has 4 heteroatoms. The van der Waals surface area contributed by atoms with E-state index in [0.717, 1.165) is 10.1 Å². The number of halogens is 3. The summed E-state index contributed by atoms with van der Waals surface area (Å²) in [4.78, 5) is 0. The molecular weight excluding hydrogens is 275 g/mol. The molecule has 0 spiro atoms. The summed E-state index contributed by atoms with van der Waals surface area (Å²) < 4.78 is 14.3. The topological polar surface area (TPSA) is 0 Å². The van der Waals surface area contributed by atoms with Gasteiger partial charge in [0.15, 0.2) is 0 Å². The predicted molar refractivity (Wildman–Crippen MR) is 59.4 cm³/mol. The van der Waals surface area contributed by atoms with Crippen molar-refractivity contribution in [2.75, 3.05) is 0 Å². The third-order valence-corrected chi connectivity index (χ3v) is 3.90. The number of benzene rings is 1. The summed E-state index contributed by atoms with van der Waals surface area (Å²) in [5, 5.41) is 3.76. The molecular formula is C9H5BrClFS. The van der Waals surface area contributed by atoms with Crippen molar-refractivity contribution in [1.29, 1.82) is 0 Å². The standard InChI is InChI=1S/C9H5BrClFS/c10-4-6-7(12)3-5-1-2-13-9(5)8(6)11/h1-3H,4H2. The number of fused-ring (bicyclic) bond motifs is 1. The fourth-order valence-corrected chi connectivity index (χ4v) is 3.15. The van der Waals surface area contributed by atoms with Gasteiger partial charge in [0, 0.05) is 10.9 Å². The largest absolute Gasteiger partial charge is 0.207 e. The Kier molecular flexibility index (Phi) is 2.58. The molecule has 0 saturated carbocycles. The van der Waals surface area contributed by atoms with Crippen molar-refractivity contribution in [3.63, 3.8) is 0 Å². The molecule has 1 heterocycles. The van der Waals surface area contributed by atoms with Gasteiger partial charge < -0.3 is 0 Å². The highest BCUT2D eigenvalue weighted by atomic mass is 79.9. The molecule has 13 heavy (non-hydrogen) atoms. The van der Waals surface area contributed by atoms with Gasteiger partial charge in [0.25, 0.3) is 0 Å². The minimum atomic E-state index is -0.243. The highest BCUT2D eigenvalue weighted by Crippen LogP contribution is 2.34. The summed E-state index contributed by atoms with van der Waals surface area (Å²) >= 11 is 10.8. The van der Waals surface area contributed by atoms with Crippen LogP contribution in [0.3, 0.4) is 0 Å². The molecule has 1 aromatic heterocycles. The second-order valence-electron chi connectivity index (χ2n) is 2.62. The van der Waals surface area contributed by atoms with Crippen LogP contribution >= 0.6 is 38.9 Å². The maximum atomic E-state index is 13.3. The van der Waals surface area contributed by atoms with Crippen LogP contribution in [-0.2, 0) is 5.33 Å². The number of hydrogen-bond donors (Lipinski definition) is 0. The van der Waals surface area contributed by atoms with Gasteiger partial charge in [-0.05, 0) is 22.9 Å². The molecule has 2 rings (SSSR count). The third kappa shape index (κ3) is 1.49. The monoisotopic (exact) mass is 278 g/mol. The van der Waals surface area contributed by atoms with Crippen molar-refractivity contribution in [3.05, 3.63) is 33.9 Å². The summed E-state index contributed by atoms with van der Waals surface area (Å²) in [6.07, 6.45) is 0. The number of alkyl halides is 1. The second kappa shape index (κ2) is 3.56. The molecule has 0 bridgehead atoms. The number of hydrogen-bond acceptors (Lipinski definition) is 1. The van der Waals surface area contributed by atoms with E-state index in [9.17, 15) is 4.39 Å². The Balaban J connectivity index is 2.85. The van der Waals surface area contributed by atoms with Crippen molar-refractivity contribution < 1.29 is 4.39 Å². The zero-order chi connectivity index (χ0) is 9.42.